The molecular weight excluding hydrogens is 270 g/mol. The molecule has 4 nitrogen and oxygen atoms in total. The molecule has 20 heavy (non-hydrogen) atoms. The maximum absolute atomic E-state index is 9.81. The van der Waals surface area contributed by atoms with Gasteiger partial charge < -0.3 is 10.0 Å². The summed E-state index contributed by atoms with van der Waals surface area (Å²) in [6, 6.07) is 0. The number of aryl methyl sites for hydroxylation is 3. The normalized spacial score (nSPS) is 22.5. The van der Waals surface area contributed by atoms with Crippen LogP contribution in [0.5, 0.6) is 0 Å². The Morgan fingerprint density at radius 2 is 2.10 bits per heavy atom. The predicted octanol–water partition coefficient (Wildman–Crippen LogP) is 2.45. The minimum absolute atomic E-state index is 0.213. The summed E-state index contributed by atoms with van der Waals surface area (Å²) in [6.07, 6.45) is 5.55. The van der Waals surface area contributed by atoms with E-state index in [1.165, 1.54) is 35.1 Å². The van der Waals surface area contributed by atoms with E-state index in [0.29, 0.717) is 6.54 Å². The molecule has 0 unspecified atom stereocenters. The van der Waals surface area contributed by atoms with Gasteiger partial charge in [-0.3, -0.25) is 0 Å². The van der Waals surface area contributed by atoms with Crippen molar-refractivity contribution in [1.29, 1.82) is 0 Å². The van der Waals surface area contributed by atoms with Gasteiger partial charge in [-0.1, -0.05) is 0 Å². The third-order valence-corrected chi connectivity index (χ3v) is 5.56. The molecule has 0 saturated carbocycles. The van der Waals surface area contributed by atoms with Crippen molar-refractivity contribution in [1.82, 2.24) is 9.97 Å². The van der Waals surface area contributed by atoms with E-state index < -0.39 is 0 Å². The van der Waals surface area contributed by atoms with E-state index in [-0.39, 0.29) is 6.10 Å². The van der Waals surface area contributed by atoms with Crippen LogP contribution in [0, 0.1) is 6.92 Å². The van der Waals surface area contributed by atoms with Gasteiger partial charge in [-0.05, 0) is 44.6 Å². The number of hydrogen-bond donors (Lipinski definition) is 1. The van der Waals surface area contributed by atoms with Crippen molar-refractivity contribution in [2.24, 2.45) is 0 Å². The molecule has 0 radical (unpaired) electrons. The summed E-state index contributed by atoms with van der Waals surface area (Å²) in [7, 11) is 0. The Morgan fingerprint density at radius 3 is 2.90 bits per heavy atom. The van der Waals surface area contributed by atoms with Crippen LogP contribution in [0.15, 0.2) is 0 Å². The Morgan fingerprint density at radius 1 is 1.25 bits per heavy atom. The van der Waals surface area contributed by atoms with Gasteiger partial charge in [0.05, 0.1) is 11.5 Å². The maximum atomic E-state index is 9.81. The first-order chi connectivity index (χ1) is 9.72. The molecule has 2 aliphatic rings. The largest absolute Gasteiger partial charge is 0.391 e. The molecule has 1 aliphatic carbocycles. The van der Waals surface area contributed by atoms with Gasteiger partial charge in [-0.2, -0.15) is 0 Å². The minimum atomic E-state index is -0.213. The molecule has 2 aromatic heterocycles. The summed E-state index contributed by atoms with van der Waals surface area (Å²) in [4.78, 5) is 14.2. The van der Waals surface area contributed by atoms with Gasteiger partial charge in [-0.25, -0.2) is 9.97 Å². The summed E-state index contributed by atoms with van der Waals surface area (Å²) < 4.78 is 0. The summed E-state index contributed by atoms with van der Waals surface area (Å²) in [5, 5.41) is 11.1. The quantitative estimate of drug-likeness (QED) is 0.876. The topological polar surface area (TPSA) is 49.2 Å². The van der Waals surface area contributed by atoms with Gasteiger partial charge in [0.25, 0.3) is 0 Å². The van der Waals surface area contributed by atoms with Crippen molar-refractivity contribution in [3.8, 4) is 0 Å². The second-order valence-corrected chi connectivity index (χ2v) is 6.96. The van der Waals surface area contributed by atoms with Crippen molar-refractivity contribution in [2.75, 3.05) is 18.0 Å². The summed E-state index contributed by atoms with van der Waals surface area (Å²) >= 11 is 1.85. The van der Waals surface area contributed by atoms with Crippen LogP contribution in [0.1, 0.15) is 35.5 Å². The molecule has 0 aromatic carbocycles. The van der Waals surface area contributed by atoms with Crippen LogP contribution >= 0.6 is 11.3 Å². The molecule has 2 aromatic rings. The molecule has 5 heteroatoms. The van der Waals surface area contributed by atoms with Gasteiger partial charge in [0.1, 0.15) is 16.5 Å². The van der Waals surface area contributed by atoms with Crippen LogP contribution in [-0.4, -0.2) is 34.3 Å². The Hall–Kier alpha value is -1.20. The van der Waals surface area contributed by atoms with Gasteiger partial charge in [0.15, 0.2) is 0 Å². The van der Waals surface area contributed by atoms with Gasteiger partial charge >= 0.3 is 0 Å². The molecule has 1 saturated heterocycles. The van der Waals surface area contributed by atoms with Crippen molar-refractivity contribution in [3.05, 3.63) is 16.3 Å². The van der Waals surface area contributed by atoms with E-state index in [2.05, 4.69) is 9.88 Å². The van der Waals surface area contributed by atoms with E-state index in [0.717, 1.165) is 35.9 Å². The van der Waals surface area contributed by atoms with Crippen LogP contribution in [0.2, 0.25) is 0 Å². The lowest BCUT2D eigenvalue weighted by Crippen LogP contribution is -2.23. The first kappa shape index (κ1) is 12.5. The molecule has 1 N–H and O–H groups in total. The Balaban J connectivity index is 1.92. The van der Waals surface area contributed by atoms with Gasteiger partial charge in [0, 0.05) is 18.0 Å². The Labute approximate surface area is 122 Å². The summed E-state index contributed by atoms with van der Waals surface area (Å²) in [5.41, 5.74) is 1.48. The number of β-amino-alcohol motifs (C(OH)–C–C–N with tert-alkyl or cyclic N) is 1. The van der Waals surface area contributed by atoms with E-state index in [1.54, 1.807) is 0 Å². The number of nitrogens with zero attached hydrogens (tertiary/aromatic N) is 3. The second kappa shape index (κ2) is 4.67. The van der Waals surface area contributed by atoms with Gasteiger partial charge in [0.2, 0.25) is 0 Å². The highest BCUT2D eigenvalue weighted by atomic mass is 32.1. The van der Waals surface area contributed by atoms with Crippen LogP contribution in [0.3, 0.4) is 0 Å². The molecular formula is C15H19N3OS. The van der Waals surface area contributed by atoms with E-state index in [1.807, 2.05) is 18.3 Å². The highest BCUT2D eigenvalue weighted by molar-refractivity contribution is 7.19. The molecule has 4 rings (SSSR count). The number of aromatic nitrogens is 2. The predicted molar refractivity (Wildman–Crippen MR) is 81.6 cm³/mol. The molecule has 106 valence electrons. The molecule has 1 aliphatic heterocycles. The standard InChI is InChI=1S/C15H19N3OS/c1-9-16-14(18-7-6-10(19)8-18)13-11-4-2-3-5-12(11)20-15(13)17-9/h10,19H,2-8H2,1H3/t10-/m1/s1. The fourth-order valence-electron chi connectivity index (χ4n) is 3.40. The molecule has 0 bridgehead atoms. The molecule has 1 atom stereocenters. The summed E-state index contributed by atoms with van der Waals surface area (Å²) in [6.45, 7) is 3.57. The smallest absolute Gasteiger partial charge is 0.141 e. The Bertz CT molecular complexity index is 667. The zero-order valence-corrected chi connectivity index (χ0v) is 12.5. The Kier molecular flexibility index (Phi) is 2.93. The van der Waals surface area contributed by atoms with E-state index in [4.69, 9.17) is 4.98 Å². The fraction of sp³-hybridized carbons (Fsp3) is 0.600. The van der Waals surface area contributed by atoms with E-state index in [9.17, 15) is 5.11 Å². The number of rotatable bonds is 1. The van der Waals surface area contributed by atoms with Gasteiger partial charge in [-0.15, -0.1) is 11.3 Å². The average molecular weight is 289 g/mol. The van der Waals surface area contributed by atoms with E-state index >= 15 is 0 Å². The SMILES string of the molecule is Cc1nc(N2CC[C@@H](O)C2)c2c3c(sc2n1)CCCC3. The number of fused-ring (bicyclic) bond motifs is 3. The molecule has 0 spiro atoms. The fourth-order valence-corrected chi connectivity index (χ4v) is 4.71. The first-order valence-corrected chi connectivity index (χ1v) is 8.26. The highest BCUT2D eigenvalue weighted by Gasteiger charge is 2.27. The van der Waals surface area contributed by atoms with Crippen LogP contribution in [0.25, 0.3) is 10.2 Å². The van der Waals surface area contributed by atoms with Crippen molar-refractivity contribution in [2.45, 2.75) is 45.1 Å². The number of aliphatic hydroxyl groups excluding tert-OH is 1. The third-order valence-electron chi connectivity index (χ3n) is 4.37. The summed E-state index contributed by atoms with van der Waals surface area (Å²) in [5.74, 6) is 1.90. The number of thiophene rings is 1. The monoisotopic (exact) mass is 289 g/mol. The molecule has 1 fully saturated rings. The van der Waals surface area contributed by atoms with Crippen molar-refractivity contribution < 1.29 is 5.11 Å². The molecule has 0 amide bonds. The average Bonchev–Trinajstić information content (AvgIpc) is 3.00. The number of aliphatic hydroxyl groups is 1. The lowest BCUT2D eigenvalue weighted by atomic mass is 9.97. The zero-order valence-electron chi connectivity index (χ0n) is 11.7. The maximum Gasteiger partial charge on any atom is 0.141 e. The highest BCUT2D eigenvalue weighted by Crippen LogP contribution is 2.40. The lowest BCUT2D eigenvalue weighted by molar-refractivity contribution is 0.198. The number of anilines is 1. The minimum Gasteiger partial charge on any atom is -0.391 e. The second-order valence-electron chi connectivity index (χ2n) is 5.87. The molecule has 3 heterocycles. The van der Waals surface area contributed by atoms with Crippen LogP contribution < -0.4 is 4.90 Å². The third kappa shape index (κ3) is 1.91. The van der Waals surface area contributed by atoms with Crippen LogP contribution in [-0.2, 0) is 12.8 Å². The first-order valence-electron chi connectivity index (χ1n) is 7.44. The number of hydrogen-bond acceptors (Lipinski definition) is 5. The van der Waals surface area contributed by atoms with Crippen molar-refractivity contribution in [3.63, 3.8) is 0 Å². The van der Waals surface area contributed by atoms with Crippen LogP contribution in [0.4, 0.5) is 5.82 Å². The lowest BCUT2D eigenvalue weighted by Gasteiger charge is -2.19. The van der Waals surface area contributed by atoms with Crippen molar-refractivity contribution >= 4 is 27.4 Å². The zero-order chi connectivity index (χ0) is 13.7.